The molecule has 4 heterocycles. The topological polar surface area (TPSA) is 106 Å². The largest absolute Gasteiger partial charge is 0.459 e. The Morgan fingerprint density at radius 3 is 2.57 bits per heavy atom. The lowest BCUT2D eigenvalue weighted by molar-refractivity contribution is -0.138. The molecule has 0 saturated carbocycles. The van der Waals surface area contributed by atoms with Crippen LogP contribution >= 0.6 is 0 Å². The van der Waals surface area contributed by atoms with Gasteiger partial charge in [-0.2, -0.15) is 0 Å². The summed E-state index contributed by atoms with van der Waals surface area (Å²) in [6, 6.07) is 6.84. The first-order valence-electron chi connectivity index (χ1n) is 10.1. The van der Waals surface area contributed by atoms with Crippen LogP contribution in [0, 0.1) is 5.92 Å². The molecule has 158 valence electrons. The van der Waals surface area contributed by atoms with E-state index >= 15 is 0 Å². The summed E-state index contributed by atoms with van der Waals surface area (Å²) < 4.78 is 16.1. The van der Waals surface area contributed by atoms with Crippen LogP contribution in [0.3, 0.4) is 0 Å². The Balaban J connectivity index is 1.36. The molecule has 1 saturated heterocycles. The number of amides is 2. The van der Waals surface area contributed by atoms with E-state index in [1.54, 1.807) is 34.1 Å². The van der Waals surface area contributed by atoms with Crippen LogP contribution < -0.4 is 0 Å². The van der Waals surface area contributed by atoms with E-state index in [4.69, 9.17) is 13.3 Å². The van der Waals surface area contributed by atoms with E-state index in [2.05, 4.69) is 10.2 Å². The molecule has 3 aromatic rings. The minimum absolute atomic E-state index is 0.0553. The third-order valence-corrected chi connectivity index (χ3v) is 5.19. The monoisotopic (exact) mass is 412 g/mol. The predicted molar refractivity (Wildman–Crippen MR) is 105 cm³/mol. The number of carbonyl (C=O) groups is 2. The van der Waals surface area contributed by atoms with Gasteiger partial charge in [-0.3, -0.25) is 9.59 Å². The normalized spacial score (nSPS) is 14.8. The van der Waals surface area contributed by atoms with Crippen molar-refractivity contribution >= 4 is 11.8 Å². The fraction of sp³-hybridized carbons (Fsp3) is 0.429. The molecule has 0 aromatic carbocycles. The van der Waals surface area contributed by atoms with Crippen LogP contribution in [0.4, 0.5) is 0 Å². The van der Waals surface area contributed by atoms with Crippen LogP contribution in [0.5, 0.6) is 0 Å². The zero-order valence-electron chi connectivity index (χ0n) is 16.8. The molecule has 0 bridgehead atoms. The predicted octanol–water partition coefficient (Wildman–Crippen LogP) is 3.21. The molecule has 0 radical (unpaired) electrons. The van der Waals surface area contributed by atoms with Gasteiger partial charge in [0, 0.05) is 25.6 Å². The highest BCUT2D eigenvalue weighted by atomic mass is 16.4. The molecular weight excluding hydrogens is 388 g/mol. The summed E-state index contributed by atoms with van der Waals surface area (Å²) in [7, 11) is 0. The molecule has 9 nitrogen and oxygen atoms in total. The van der Waals surface area contributed by atoms with Crippen LogP contribution in [-0.4, -0.2) is 51.4 Å². The third kappa shape index (κ3) is 4.29. The van der Waals surface area contributed by atoms with Gasteiger partial charge in [0.1, 0.15) is 0 Å². The summed E-state index contributed by atoms with van der Waals surface area (Å²) in [6.07, 6.45) is 5.08. The van der Waals surface area contributed by atoms with E-state index in [-0.39, 0.29) is 24.3 Å². The third-order valence-electron chi connectivity index (χ3n) is 5.19. The first-order valence-corrected chi connectivity index (χ1v) is 10.1. The SMILES string of the molecule is CCCN(Cc1nnc(-c2ccco2)o1)C(=O)C1CCN(C(=O)c2ccco2)CC1. The maximum atomic E-state index is 13.1. The summed E-state index contributed by atoms with van der Waals surface area (Å²) in [5.74, 6) is 1.28. The average Bonchev–Trinajstić information content (AvgIpc) is 3.55. The number of furan rings is 2. The van der Waals surface area contributed by atoms with Crippen LogP contribution in [0.25, 0.3) is 11.7 Å². The Labute approximate surface area is 173 Å². The van der Waals surface area contributed by atoms with Crippen LogP contribution in [-0.2, 0) is 11.3 Å². The highest BCUT2D eigenvalue weighted by molar-refractivity contribution is 5.91. The van der Waals surface area contributed by atoms with Crippen LogP contribution in [0.15, 0.2) is 50.0 Å². The molecular formula is C21H24N4O5. The van der Waals surface area contributed by atoms with Gasteiger partial charge in [0.05, 0.1) is 19.1 Å². The standard InChI is InChI=1S/C21H24N4O5/c1-2-9-25(14-18-22-23-19(30-18)16-5-3-12-28-16)20(26)15-7-10-24(11-8-15)21(27)17-6-4-13-29-17/h3-6,12-13,15H,2,7-11,14H2,1H3. The van der Waals surface area contributed by atoms with Crippen molar-refractivity contribution in [1.82, 2.24) is 20.0 Å². The molecule has 1 aliphatic heterocycles. The summed E-state index contributed by atoms with van der Waals surface area (Å²) in [5, 5.41) is 8.05. The highest BCUT2D eigenvalue weighted by Crippen LogP contribution is 2.23. The number of nitrogens with zero attached hydrogens (tertiary/aromatic N) is 4. The number of piperidine rings is 1. The average molecular weight is 412 g/mol. The van der Waals surface area contributed by atoms with Crippen molar-refractivity contribution in [2.24, 2.45) is 5.92 Å². The first-order chi connectivity index (χ1) is 14.7. The number of likely N-dealkylation sites (tertiary alicyclic amines) is 1. The van der Waals surface area contributed by atoms with Crippen molar-refractivity contribution in [2.45, 2.75) is 32.7 Å². The molecule has 4 rings (SSSR count). The number of rotatable bonds is 7. The number of aromatic nitrogens is 2. The Morgan fingerprint density at radius 2 is 1.90 bits per heavy atom. The lowest BCUT2D eigenvalue weighted by Crippen LogP contribution is -2.44. The molecule has 0 unspecified atom stereocenters. The van der Waals surface area contributed by atoms with Crippen molar-refractivity contribution in [2.75, 3.05) is 19.6 Å². The molecule has 0 spiro atoms. The fourth-order valence-corrected chi connectivity index (χ4v) is 3.66. The lowest BCUT2D eigenvalue weighted by atomic mass is 9.95. The molecule has 3 aromatic heterocycles. The molecule has 2 amide bonds. The zero-order chi connectivity index (χ0) is 20.9. The Hall–Kier alpha value is -3.36. The second kappa shape index (κ2) is 8.98. The molecule has 30 heavy (non-hydrogen) atoms. The second-order valence-electron chi connectivity index (χ2n) is 7.28. The van der Waals surface area contributed by atoms with Gasteiger partial charge in [-0.05, 0) is 43.5 Å². The Kier molecular flexibility index (Phi) is 5.97. The van der Waals surface area contributed by atoms with Gasteiger partial charge in [-0.1, -0.05) is 6.92 Å². The summed E-state index contributed by atoms with van der Waals surface area (Å²) >= 11 is 0. The Bertz CT molecular complexity index is 956. The molecule has 9 heteroatoms. The zero-order valence-corrected chi connectivity index (χ0v) is 16.8. The second-order valence-corrected chi connectivity index (χ2v) is 7.28. The van der Waals surface area contributed by atoms with E-state index in [1.807, 2.05) is 6.92 Å². The minimum atomic E-state index is -0.135. The van der Waals surface area contributed by atoms with Gasteiger partial charge in [0.2, 0.25) is 11.8 Å². The summed E-state index contributed by atoms with van der Waals surface area (Å²) in [5.41, 5.74) is 0. The van der Waals surface area contributed by atoms with E-state index in [1.165, 1.54) is 12.5 Å². The first kappa shape index (κ1) is 19.9. The van der Waals surface area contributed by atoms with Gasteiger partial charge in [-0.15, -0.1) is 10.2 Å². The van der Waals surface area contributed by atoms with E-state index < -0.39 is 0 Å². The lowest BCUT2D eigenvalue weighted by Gasteiger charge is -2.33. The molecule has 1 fully saturated rings. The van der Waals surface area contributed by atoms with Gasteiger partial charge >= 0.3 is 0 Å². The van der Waals surface area contributed by atoms with Crippen molar-refractivity contribution in [3.8, 4) is 11.7 Å². The van der Waals surface area contributed by atoms with Gasteiger partial charge in [0.15, 0.2) is 11.5 Å². The van der Waals surface area contributed by atoms with Gasteiger partial charge in [0.25, 0.3) is 11.8 Å². The molecule has 0 aliphatic carbocycles. The Morgan fingerprint density at radius 1 is 1.13 bits per heavy atom. The van der Waals surface area contributed by atoms with Gasteiger partial charge < -0.3 is 23.1 Å². The maximum Gasteiger partial charge on any atom is 0.289 e. The van der Waals surface area contributed by atoms with E-state index in [0.29, 0.717) is 55.8 Å². The fourth-order valence-electron chi connectivity index (χ4n) is 3.66. The van der Waals surface area contributed by atoms with E-state index in [0.717, 1.165) is 6.42 Å². The van der Waals surface area contributed by atoms with Crippen LogP contribution in [0.2, 0.25) is 0 Å². The number of carbonyl (C=O) groups excluding carboxylic acids is 2. The van der Waals surface area contributed by atoms with Crippen molar-refractivity contribution in [1.29, 1.82) is 0 Å². The quantitative estimate of drug-likeness (QED) is 0.586. The van der Waals surface area contributed by atoms with Crippen molar-refractivity contribution < 1.29 is 22.8 Å². The van der Waals surface area contributed by atoms with E-state index in [9.17, 15) is 9.59 Å². The van der Waals surface area contributed by atoms with Gasteiger partial charge in [-0.25, -0.2) is 0 Å². The molecule has 1 aliphatic rings. The summed E-state index contributed by atoms with van der Waals surface area (Å²) in [4.78, 5) is 29.0. The van der Waals surface area contributed by atoms with Crippen LogP contribution in [0.1, 0.15) is 42.6 Å². The maximum absolute atomic E-state index is 13.1. The minimum Gasteiger partial charge on any atom is -0.459 e. The summed E-state index contributed by atoms with van der Waals surface area (Å²) in [6.45, 7) is 3.93. The van der Waals surface area contributed by atoms with Crippen molar-refractivity contribution in [3.63, 3.8) is 0 Å². The molecule has 0 N–H and O–H groups in total. The van der Waals surface area contributed by atoms with Crippen molar-refractivity contribution in [3.05, 3.63) is 48.4 Å². The number of hydrogen-bond donors (Lipinski definition) is 0. The molecule has 0 atom stereocenters. The highest BCUT2D eigenvalue weighted by Gasteiger charge is 2.31. The number of hydrogen-bond acceptors (Lipinski definition) is 7. The smallest absolute Gasteiger partial charge is 0.289 e.